The van der Waals surface area contributed by atoms with Crippen LogP contribution >= 0.6 is 22.9 Å². The standard InChI is InChI=1S/C37H33ClN4O7S/c1-17-22-14-18(38)8-11-27(22)50-32(17)25-16-28(40(3)39-25)42-34(47)24-15-23-19(31(37(24,2)36(42)49)20-6-4-5-7-26(20)43)9-10-21-30(23)35(48)41(33(21)46)13-12-29(44)45/h4-9,11,14,16,21,23-24,30-31,43H,10,12-13,15H2,1-3H3,(H,44,45). The molecule has 11 nitrogen and oxygen atoms in total. The third kappa shape index (κ3) is 4.47. The number of aryl methyl sites for hydroxylation is 2. The van der Waals surface area contributed by atoms with Crippen LogP contribution in [0.25, 0.3) is 20.7 Å². The number of carbonyl (C=O) groups is 5. The van der Waals surface area contributed by atoms with E-state index in [4.69, 9.17) is 16.7 Å². The number of carboxylic acid groups (broad SMARTS) is 1. The Morgan fingerprint density at radius 2 is 1.82 bits per heavy atom. The lowest BCUT2D eigenvalue weighted by molar-refractivity contribution is -0.142. The summed E-state index contributed by atoms with van der Waals surface area (Å²) in [6.45, 7) is 3.51. The monoisotopic (exact) mass is 712 g/mol. The summed E-state index contributed by atoms with van der Waals surface area (Å²) in [4.78, 5) is 71.3. The number of thiophene rings is 1. The molecule has 2 N–H and O–H groups in total. The number of phenols is 1. The number of imide groups is 2. The Labute approximate surface area is 295 Å². The van der Waals surface area contributed by atoms with Crippen molar-refractivity contribution in [3.05, 3.63) is 76.3 Å². The van der Waals surface area contributed by atoms with E-state index >= 15 is 0 Å². The van der Waals surface area contributed by atoms with Gasteiger partial charge in [0.25, 0.3) is 0 Å². The van der Waals surface area contributed by atoms with Gasteiger partial charge in [-0.2, -0.15) is 5.10 Å². The number of para-hydroxylation sites is 1. The third-order valence-corrected chi connectivity index (χ3v) is 12.9. The van der Waals surface area contributed by atoms with E-state index in [9.17, 15) is 34.2 Å². The molecule has 2 saturated heterocycles. The van der Waals surface area contributed by atoms with Gasteiger partial charge in [-0.1, -0.05) is 41.4 Å². The van der Waals surface area contributed by atoms with Crippen molar-refractivity contribution in [2.45, 2.75) is 39.0 Å². The zero-order chi connectivity index (χ0) is 35.4. The number of benzene rings is 2. The first-order valence-electron chi connectivity index (χ1n) is 16.5. The molecule has 0 bridgehead atoms. The fourth-order valence-electron chi connectivity index (χ4n) is 9.02. The average molecular weight is 713 g/mol. The molecule has 4 aliphatic rings. The lowest BCUT2D eigenvalue weighted by Crippen LogP contribution is -2.49. The predicted molar refractivity (Wildman–Crippen MR) is 185 cm³/mol. The van der Waals surface area contributed by atoms with Crippen LogP contribution in [-0.2, 0) is 31.0 Å². The van der Waals surface area contributed by atoms with Gasteiger partial charge in [0.05, 0.1) is 34.5 Å². The lowest BCUT2D eigenvalue weighted by Gasteiger charge is -2.49. The van der Waals surface area contributed by atoms with Crippen molar-refractivity contribution in [2.75, 3.05) is 11.4 Å². The van der Waals surface area contributed by atoms with E-state index in [-0.39, 0.29) is 31.6 Å². The number of aromatic hydroxyl groups is 1. The number of allylic oxidation sites excluding steroid dienone is 2. The normalized spacial score (nSPS) is 27.5. The molecule has 8 rings (SSSR count). The number of carbonyl (C=O) groups excluding carboxylic acids is 4. The highest BCUT2D eigenvalue weighted by Crippen LogP contribution is 2.64. The zero-order valence-electron chi connectivity index (χ0n) is 27.4. The van der Waals surface area contributed by atoms with E-state index < -0.39 is 64.6 Å². The van der Waals surface area contributed by atoms with Crippen LogP contribution < -0.4 is 4.90 Å². The Balaban J connectivity index is 1.22. The molecule has 50 heavy (non-hydrogen) atoms. The Morgan fingerprint density at radius 1 is 1.06 bits per heavy atom. The van der Waals surface area contributed by atoms with Gasteiger partial charge in [-0.15, -0.1) is 11.3 Å². The maximum absolute atomic E-state index is 14.9. The molecule has 2 aromatic carbocycles. The number of anilines is 1. The first kappa shape index (κ1) is 32.4. The second-order valence-corrected chi connectivity index (χ2v) is 15.4. The van der Waals surface area contributed by atoms with E-state index in [1.54, 1.807) is 49.6 Å². The second-order valence-electron chi connectivity index (χ2n) is 13.9. The Hall–Kier alpha value is -4.81. The summed E-state index contributed by atoms with van der Waals surface area (Å²) in [7, 11) is 1.69. The van der Waals surface area contributed by atoms with Crippen LogP contribution in [0.5, 0.6) is 5.75 Å². The largest absolute Gasteiger partial charge is 0.508 e. The van der Waals surface area contributed by atoms with Crippen molar-refractivity contribution >= 4 is 68.4 Å². The minimum atomic E-state index is -1.34. The summed E-state index contributed by atoms with van der Waals surface area (Å²) in [6, 6.07) is 14.1. The van der Waals surface area contributed by atoms with Crippen molar-refractivity contribution in [1.82, 2.24) is 14.7 Å². The molecule has 0 radical (unpaired) electrons. The van der Waals surface area contributed by atoms with Crippen molar-refractivity contribution in [3.8, 4) is 16.3 Å². The van der Waals surface area contributed by atoms with Gasteiger partial charge >= 0.3 is 5.97 Å². The summed E-state index contributed by atoms with van der Waals surface area (Å²) < 4.78 is 2.56. The SMILES string of the molecule is Cc1c(-c2cc(N3C(=O)C4CC5C(=CCC6C(=O)N(CCC(=O)O)C(=O)C65)C(c5ccccc5O)C4(C)C3=O)n(C)n2)sc2ccc(Cl)cc12. The number of fused-ring (bicyclic) bond motifs is 5. The number of hydrogen-bond donors (Lipinski definition) is 2. The number of likely N-dealkylation sites (tertiary alicyclic amines) is 1. The van der Waals surface area contributed by atoms with E-state index in [0.717, 1.165) is 31.0 Å². The number of phenolic OH excluding ortho intramolecular Hbond substituents is 1. The van der Waals surface area contributed by atoms with E-state index in [1.165, 1.54) is 15.6 Å². The van der Waals surface area contributed by atoms with Gasteiger partial charge in [-0.05, 0) is 67.8 Å². The minimum absolute atomic E-state index is 0.0417. The summed E-state index contributed by atoms with van der Waals surface area (Å²) in [5, 5.41) is 26.8. The van der Waals surface area contributed by atoms with Crippen molar-refractivity contribution in [1.29, 1.82) is 0 Å². The van der Waals surface area contributed by atoms with Crippen LogP contribution in [0.4, 0.5) is 5.82 Å². The molecule has 4 aromatic rings. The van der Waals surface area contributed by atoms with Gasteiger partial charge in [0.15, 0.2) is 0 Å². The number of halogens is 1. The van der Waals surface area contributed by atoms with Crippen molar-refractivity contribution < 1.29 is 34.2 Å². The summed E-state index contributed by atoms with van der Waals surface area (Å²) in [6.07, 6.45) is 1.90. The van der Waals surface area contributed by atoms with Gasteiger partial charge in [0.1, 0.15) is 17.3 Å². The molecule has 3 fully saturated rings. The Morgan fingerprint density at radius 3 is 2.56 bits per heavy atom. The first-order chi connectivity index (χ1) is 23.8. The van der Waals surface area contributed by atoms with Crippen LogP contribution in [0.3, 0.4) is 0 Å². The first-order valence-corrected chi connectivity index (χ1v) is 17.7. The molecular formula is C37H33ClN4O7S. The molecule has 1 saturated carbocycles. The number of rotatable bonds is 6. The van der Waals surface area contributed by atoms with Gasteiger partial charge in [-0.3, -0.25) is 33.6 Å². The maximum atomic E-state index is 14.9. The van der Waals surface area contributed by atoms with Crippen LogP contribution in [0.2, 0.25) is 5.02 Å². The van der Waals surface area contributed by atoms with Gasteiger partial charge in [-0.25, -0.2) is 4.90 Å². The van der Waals surface area contributed by atoms with Gasteiger partial charge in [0, 0.05) is 40.9 Å². The highest BCUT2D eigenvalue weighted by atomic mass is 35.5. The summed E-state index contributed by atoms with van der Waals surface area (Å²) in [5.74, 6) is -6.33. The summed E-state index contributed by atoms with van der Waals surface area (Å²) in [5.41, 5.74) is 1.44. The number of aliphatic carboxylic acids is 1. The van der Waals surface area contributed by atoms with Gasteiger partial charge in [0.2, 0.25) is 23.6 Å². The number of carboxylic acids is 1. The lowest BCUT2D eigenvalue weighted by atomic mass is 9.51. The van der Waals surface area contributed by atoms with Crippen molar-refractivity contribution in [3.63, 3.8) is 0 Å². The van der Waals surface area contributed by atoms with Gasteiger partial charge < -0.3 is 10.2 Å². The number of aromatic nitrogens is 2. The predicted octanol–water partition coefficient (Wildman–Crippen LogP) is 5.67. The third-order valence-electron chi connectivity index (χ3n) is 11.4. The second kappa shape index (κ2) is 11.4. The van der Waals surface area contributed by atoms with Crippen LogP contribution in [0, 0.1) is 36.0 Å². The molecule has 6 unspecified atom stereocenters. The number of hydrogen-bond acceptors (Lipinski definition) is 8. The smallest absolute Gasteiger partial charge is 0.305 e. The van der Waals surface area contributed by atoms with Crippen molar-refractivity contribution in [2.24, 2.45) is 36.1 Å². The highest BCUT2D eigenvalue weighted by molar-refractivity contribution is 7.22. The quantitative estimate of drug-likeness (QED) is 0.192. The topological polar surface area (TPSA) is 150 Å². The zero-order valence-corrected chi connectivity index (χ0v) is 29.0. The fraction of sp³-hybridized carbons (Fsp3) is 0.351. The van der Waals surface area contributed by atoms with Crippen LogP contribution in [0.1, 0.15) is 43.2 Å². The Bertz CT molecular complexity index is 2220. The van der Waals surface area contributed by atoms with E-state index in [2.05, 4.69) is 0 Å². The molecule has 256 valence electrons. The van der Waals surface area contributed by atoms with E-state index in [0.29, 0.717) is 22.1 Å². The number of amides is 4. The Kier molecular flexibility index (Phi) is 7.36. The van der Waals surface area contributed by atoms with Crippen LogP contribution in [0.15, 0.2) is 60.2 Å². The molecule has 6 atom stereocenters. The fourth-order valence-corrected chi connectivity index (χ4v) is 10.3. The number of nitrogens with zero attached hydrogens (tertiary/aromatic N) is 4. The molecular weight excluding hydrogens is 680 g/mol. The van der Waals surface area contributed by atoms with Crippen LogP contribution in [-0.4, -0.2) is 61.0 Å². The minimum Gasteiger partial charge on any atom is -0.508 e. The molecule has 13 heteroatoms. The molecule has 4 amide bonds. The molecule has 2 aromatic heterocycles. The maximum Gasteiger partial charge on any atom is 0.305 e. The summed E-state index contributed by atoms with van der Waals surface area (Å²) >= 11 is 7.82. The van der Waals surface area contributed by atoms with E-state index in [1.807, 2.05) is 31.2 Å². The molecule has 4 heterocycles. The average Bonchev–Trinajstić information content (AvgIpc) is 3.74. The molecule has 0 spiro atoms. The molecule has 2 aliphatic heterocycles. The highest BCUT2D eigenvalue weighted by Gasteiger charge is 2.68. The molecule has 2 aliphatic carbocycles.